The summed E-state index contributed by atoms with van der Waals surface area (Å²) in [6.07, 6.45) is 13.3. The number of allylic oxidation sites excluding steroid dienone is 6. The first-order chi connectivity index (χ1) is 4.93. The number of rotatable bonds is 2. The Balaban J connectivity index is 2.44. The van der Waals surface area contributed by atoms with Crippen LogP contribution in [0.4, 0.5) is 0 Å². The van der Waals surface area contributed by atoms with Crippen LogP contribution in [0.25, 0.3) is 0 Å². The monoisotopic (exact) mass is 133 g/mol. The highest BCUT2D eigenvalue weighted by Crippen LogP contribution is 2.08. The maximum atomic E-state index is 3.83. The zero-order valence-corrected chi connectivity index (χ0v) is 6.12. The average Bonchev–Trinajstić information content (AvgIpc) is 2.41. The Kier molecular flexibility index (Phi) is 2.68. The van der Waals surface area contributed by atoms with Crippen molar-refractivity contribution in [3.63, 3.8) is 0 Å². The summed E-state index contributed by atoms with van der Waals surface area (Å²) >= 11 is 0. The maximum Gasteiger partial charge on any atom is 0.0277 e. The highest BCUT2D eigenvalue weighted by molar-refractivity contribution is 5.72. The van der Waals surface area contributed by atoms with Gasteiger partial charge in [0.2, 0.25) is 0 Å². The molecule has 0 aliphatic heterocycles. The first-order valence-corrected chi connectivity index (χ1v) is 3.39. The van der Waals surface area contributed by atoms with Gasteiger partial charge in [-0.3, -0.25) is 4.99 Å². The Bertz CT molecular complexity index is 207. The summed E-state index contributed by atoms with van der Waals surface area (Å²) in [6, 6.07) is 0. The van der Waals surface area contributed by atoms with E-state index in [2.05, 4.69) is 29.3 Å². The van der Waals surface area contributed by atoms with Gasteiger partial charge in [-0.2, -0.15) is 0 Å². The summed E-state index contributed by atoms with van der Waals surface area (Å²) in [6.45, 7) is 0. The van der Waals surface area contributed by atoms with Crippen molar-refractivity contribution in [2.45, 2.75) is 6.42 Å². The predicted octanol–water partition coefficient (Wildman–Crippen LogP) is 2.13. The van der Waals surface area contributed by atoms with E-state index in [9.17, 15) is 0 Å². The first kappa shape index (κ1) is 7.00. The van der Waals surface area contributed by atoms with Gasteiger partial charge < -0.3 is 0 Å². The highest BCUT2D eigenvalue weighted by atomic mass is 14.6. The molecule has 0 N–H and O–H groups in total. The molecule has 0 aromatic carbocycles. The van der Waals surface area contributed by atoms with Gasteiger partial charge in [0.05, 0.1) is 0 Å². The standard InChI is InChI=1S/C9H11N/c1-10-8-4-7-9-5-2-3-6-9/h2,4-8H,3H2,1H3/b7-4+,10-8?. The fourth-order valence-electron chi connectivity index (χ4n) is 0.840. The van der Waals surface area contributed by atoms with E-state index in [1.54, 1.807) is 13.3 Å². The lowest BCUT2D eigenvalue weighted by Gasteiger charge is -1.81. The zero-order valence-electron chi connectivity index (χ0n) is 6.12. The second kappa shape index (κ2) is 3.83. The van der Waals surface area contributed by atoms with Gasteiger partial charge in [0.25, 0.3) is 0 Å². The van der Waals surface area contributed by atoms with Gasteiger partial charge in [-0.1, -0.05) is 24.3 Å². The minimum atomic E-state index is 1.07. The van der Waals surface area contributed by atoms with Crippen LogP contribution < -0.4 is 0 Å². The van der Waals surface area contributed by atoms with Gasteiger partial charge in [0, 0.05) is 13.3 Å². The van der Waals surface area contributed by atoms with Crippen molar-refractivity contribution in [2.24, 2.45) is 4.99 Å². The van der Waals surface area contributed by atoms with Crippen LogP contribution >= 0.6 is 0 Å². The summed E-state index contributed by atoms with van der Waals surface area (Å²) in [5.74, 6) is 0. The van der Waals surface area contributed by atoms with Crippen molar-refractivity contribution in [1.82, 2.24) is 0 Å². The average molecular weight is 133 g/mol. The van der Waals surface area contributed by atoms with Crippen LogP contribution in [-0.4, -0.2) is 13.3 Å². The molecule has 1 rings (SSSR count). The van der Waals surface area contributed by atoms with Crippen molar-refractivity contribution in [3.8, 4) is 0 Å². The van der Waals surface area contributed by atoms with Crippen molar-refractivity contribution >= 4 is 6.21 Å². The number of hydrogen-bond donors (Lipinski definition) is 0. The van der Waals surface area contributed by atoms with E-state index in [0.717, 1.165) is 6.42 Å². The van der Waals surface area contributed by atoms with Crippen molar-refractivity contribution < 1.29 is 0 Å². The molecule has 1 nitrogen and oxygen atoms in total. The second-order valence-corrected chi connectivity index (χ2v) is 2.11. The molecule has 0 radical (unpaired) electrons. The van der Waals surface area contributed by atoms with E-state index in [0.29, 0.717) is 0 Å². The first-order valence-electron chi connectivity index (χ1n) is 3.39. The number of aliphatic imine (C=N–C) groups is 1. The van der Waals surface area contributed by atoms with Gasteiger partial charge in [0.15, 0.2) is 0 Å². The molecule has 0 heterocycles. The van der Waals surface area contributed by atoms with E-state index in [1.807, 2.05) is 6.08 Å². The van der Waals surface area contributed by atoms with E-state index < -0.39 is 0 Å². The highest BCUT2D eigenvalue weighted by Gasteiger charge is 1.89. The summed E-state index contributed by atoms with van der Waals surface area (Å²) in [5, 5.41) is 0. The third-order valence-corrected chi connectivity index (χ3v) is 1.32. The van der Waals surface area contributed by atoms with Crippen LogP contribution in [-0.2, 0) is 0 Å². The van der Waals surface area contributed by atoms with E-state index >= 15 is 0 Å². The van der Waals surface area contributed by atoms with Crippen LogP contribution in [0.3, 0.4) is 0 Å². The van der Waals surface area contributed by atoms with Gasteiger partial charge >= 0.3 is 0 Å². The molecule has 10 heavy (non-hydrogen) atoms. The summed E-state index contributed by atoms with van der Waals surface area (Å²) < 4.78 is 0. The molecule has 0 aromatic rings. The van der Waals surface area contributed by atoms with Crippen LogP contribution in [0.5, 0.6) is 0 Å². The van der Waals surface area contributed by atoms with E-state index in [1.165, 1.54) is 5.57 Å². The fourth-order valence-corrected chi connectivity index (χ4v) is 0.840. The third kappa shape index (κ3) is 2.02. The van der Waals surface area contributed by atoms with Gasteiger partial charge in [-0.15, -0.1) is 0 Å². The van der Waals surface area contributed by atoms with Crippen molar-refractivity contribution in [1.29, 1.82) is 0 Å². The molecule has 0 saturated heterocycles. The second-order valence-electron chi connectivity index (χ2n) is 2.11. The number of nitrogens with zero attached hydrogens (tertiary/aromatic N) is 1. The molecule has 0 saturated carbocycles. The normalized spacial score (nSPS) is 17.5. The zero-order chi connectivity index (χ0) is 7.23. The smallest absolute Gasteiger partial charge is 0.0277 e. The predicted molar refractivity (Wildman–Crippen MR) is 45.4 cm³/mol. The SMILES string of the molecule is CN=C/C=C/C1=CCC=C1. The molecule has 1 aliphatic carbocycles. The topological polar surface area (TPSA) is 12.4 Å². The maximum absolute atomic E-state index is 3.83. The molecular weight excluding hydrogens is 122 g/mol. The third-order valence-electron chi connectivity index (χ3n) is 1.32. The van der Waals surface area contributed by atoms with Gasteiger partial charge in [-0.25, -0.2) is 0 Å². The quantitative estimate of drug-likeness (QED) is 0.512. The molecule has 0 amide bonds. The van der Waals surface area contributed by atoms with Gasteiger partial charge in [0.1, 0.15) is 0 Å². The lowest BCUT2D eigenvalue weighted by atomic mass is 10.3. The van der Waals surface area contributed by atoms with Gasteiger partial charge in [-0.05, 0) is 18.1 Å². The minimum absolute atomic E-state index is 1.07. The molecule has 1 heteroatoms. The molecule has 52 valence electrons. The van der Waals surface area contributed by atoms with Crippen molar-refractivity contribution in [2.75, 3.05) is 7.05 Å². The fraction of sp³-hybridized carbons (Fsp3) is 0.222. The summed E-state index contributed by atoms with van der Waals surface area (Å²) in [5.41, 5.74) is 1.28. The Hall–Kier alpha value is -1.11. The molecule has 0 atom stereocenters. The van der Waals surface area contributed by atoms with Crippen LogP contribution in [0, 0.1) is 0 Å². The Labute approximate surface area is 61.5 Å². The molecule has 0 unspecified atom stereocenters. The molecule has 0 aromatic heterocycles. The summed E-state index contributed by atoms with van der Waals surface area (Å²) in [7, 11) is 1.77. The lowest BCUT2D eigenvalue weighted by Crippen LogP contribution is -1.66. The van der Waals surface area contributed by atoms with Crippen LogP contribution in [0.15, 0.2) is 40.9 Å². The lowest BCUT2D eigenvalue weighted by molar-refractivity contribution is 1.44. The summed E-state index contributed by atoms with van der Waals surface area (Å²) in [4.78, 5) is 3.83. The Morgan fingerprint density at radius 1 is 1.60 bits per heavy atom. The molecule has 0 spiro atoms. The molecule has 0 bridgehead atoms. The molecular formula is C9H11N. The largest absolute Gasteiger partial charge is 0.297 e. The van der Waals surface area contributed by atoms with Crippen LogP contribution in [0.2, 0.25) is 0 Å². The molecule has 1 aliphatic rings. The number of hydrogen-bond acceptors (Lipinski definition) is 1. The minimum Gasteiger partial charge on any atom is -0.297 e. The molecule has 0 fully saturated rings. The van der Waals surface area contributed by atoms with E-state index in [-0.39, 0.29) is 0 Å². The Morgan fingerprint density at radius 3 is 3.10 bits per heavy atom. The van der Waals surface area contributed by atoms with Crippen molar-refractivity contribution in [3.05, 3.63) is 36.0 Å². The Morgan fingerprint density at radius 2 is 2.50 bits per heavy atom. The van der Waals surface area contributed by atoms with Crippen LogP contribution in [0.1, 0.15) is 6.42 Å². The van der Waals surface area contributed by atoms with E-state index in [4.69, 9.17) is 0 Å².